The molecule has 1 unspecified atom stereocenters. The van der Waals surface area contributed by atoms with E-state index in [4.69, 9.17) is 0 Å². The first-order valence-electron chi connectivity index (χ1n) is 11.7. The second-order valence-electron chi connectivity index (χ2n) is 8.53. The number of aromatic nitrogens is 3. The van der Waals surface area contributed by atoms with Gasteiger partial charge in [-0.3, -0.25) is 9.69 Å². The molecule has 0 bridgehead atoms. The lowest BCUT2D eigenvalue weighted by Crippen LogP contribution is -2.45. The SMILES string of the molecule is O=C(C1CCCN(c2ccc(-c3ccccc3)nn2)C1)N(Cc1ccccc1)c1ccccn1. The number of anilines is 2. The molecule has 1 saturated heterocycles. The van der Waals surface area contributed by atoms with Gasteiger partial charge in [-0.15, -0.1) is 10.2 Å². The largest absolute Gasteiger partial charge is 0.354 e. The molecule has 170 valence electrons. The number of hydrogen-bond donors (Lipinski definition) is 0. The number of carbonyl (C=O) groups excluding carboxylic acids is 1. The Balaban J connectivity index is 1.33. The van der Waals surface area contributed by atoms with Crippen molar-refractivity contribution in [1.29, 1.82) is 0 Å². The summed E-state index contributed by atoms with van der Waals surface area (Å²) >= 11 is 0. The summed E-state index contributed by atoms with van der Waals surface area (Å²) in [6, 6.07) is 29.8. The van der Waals surface area contributed by atoms with Crippen LogP contribution in [0.15, 0.2) is 97.2 Å². The van der Waals surface area contributed by atoms with E-state index < -0.39 is 0 Å². The summed E-state index contributed by atoms with van der Waals surface area (Å²) in [7, 11) is 0. The summed E-state index contributed by atoms with van der Waals surface area (Å²) in [5.74, 6) is 1.46. The summed E-state index contributed by atoms with van der Waals surface area (Å²) in [5.41, 5.74) is 2.97. The lowest BCUT2D eigenvalue weighted by Gasteiger charge is -2.35. The van der Waals surface area contributed by atoms with Crippen LogP contribution in [0, 0.1) is 5.92 Å². The molecule has 0 saturated carbocycles. The molecule has 1 aliphatic heterocycles. The Morgan fingerprint density at radius 1 is 0.882 bits per heavy atom. The average Bonchev–Trinajstić information content (AvgIpc) is 2.93. The van der Waals surface area contributed by atoms with Gasteiger partial charge in [0, 0.05) is 24.8 Å². The fourth-order valence-electron chi connectivity index (χ4n) is 4.42. The molecule has 3 heterocycles. The van der Waals surface area contributed by atoms with Crippen molar-refractivity contribution < 1.29 is 4.79 Å². The molecule has 0 aliphatic carbocycles. The maximum atomic E-state index is 13.7. The highest BCUT2D eigenvalue weighted by molar-refractivity contribution is 5.94. The molecule has 6 heteroatoms. The Morgan fingerprint density at radius 2 is 1.65 bits per heavy atom. The monoisotopic (exact) mass is 449 g/mol. The molecule has 0 radical (unpaired) electrons. The Bertz CT molecular complexity index is 1200. The first-order chi connectivity index (χ1) is 16.8. The van der Waals surface area contributed by atoms with Gasteiger partial charge in [0.1, 0.15) is 5.82 Å². The fourth-order valence-corrected chi connectivity index (χ4v) is 4.42. The van der Waals surface area contributed by atoms with E-state index in [0.29, 0.717) is 18.9 Å². The zero-order chi connectivity index (χ0) is 23.2. The Kier molecular flexibility index (Phi) is 6.56. The van der Waals surface area contributed by atoms with Gasteiger partial charge >= 0.3 is 0 Å². The number of hydrogen-bond acceptors (Lipinski definition) is 5. The molecule has 34 heavy (non-hydrogen) atoms. The predicted molar refractivity (Wildman–Crippen MR) is 134 cm³/mol. The lowest BCUT2D eigenvalue weighted by atomic mass is 9.96. The molecule has 2 aromatic carbocycles. The van der Waals surface area contributed by atoms with Crippen LogP contribution in [0.5, 0.6) is 0 Å². The zero-order valence-electron chi connectivity index (χ0n) is 19.0. The topological polar surface area (TPSA) is 62.2 Å². The van der Waals surface area contributed by atoms with Crippen molar-refractivity contribution in [2.45, 2.75) is 19.4 Å². The van der Waals surface area contributed by atoms with Gasteiger partial charge in [0.05, 0.1) is 18.2 Å². The van der Waals surface area contributed by atoms with E-state index in [2.05, 4.69) is 20.1 Å². The zero-order valence-corrected chi connectivity index (χ0v) is 19.0. The minimum atomic E-state index is -0.130. The van der Waals surface area contributed by atoms with Crippen LogP contribution < -0.4 is 9.80 Å². The Morgan fingerprint density at radius 3 is 2.35 bits per heavy atom. The number of rotatable bonds is 6. The van der Waals surface area contributed by atoms with Crippen LogP contribution in [0.3, 0.4) is 0 Å². The number of pyridine rings is 1. The molecule has 6 nitrogen and oxygen atoms in total. The molecular weight excluding hydrogens is 422 g/mol. The van der Waals surface area contributed by atoms with E-state index in [-0.39, 0.29) is 11.8 Å². The van der Waals surface area contributed by atoms with E-state index in [1.807, 2.05) is 95.9 Å². The van der Waals surface area contributed by atoms with Crippen LogP contribution in [-0.4, -0.2) is 34.2 Å². The van der Waals surface area contributed by atoms with E-state index in [9.17, 15) is 4.79 Å². The first kappa shape index (κ1) is 21.8. The minimum Gasteiger partial charge on any atom is -0.354 e. The van der Waals surface area contributed by atoms with Crippen LogP contribution in [0.4, 0.5) is 11.6 Å². The highest BCUT2D eigenvalue weighted by atomic mass is 16.2. The highest BCUT2D eigenvalue weighted by Crippen LogP contribution is 2.26. The molecule has 1 fully saturated rings. The van der Waals surface area contributed by atoms with Crippen LogP contribution in [0.25, 0.3) is 11.3 Å². The number of carbonyl (C=O) groups is 1. The minimum absolute atomic E-state index is 0.0983. The number of benzene rings is 2. The lowest BCUT2D eigenvalue weighted by molar-refractivity contribution is -0.122. The maximum absolute atomic E-state index is 13.7. The van der Waals surface area contributed by atoms with Crippen LogP contribution in [0.1, 0.15) is 18.4 Å². The van der Waals surface area contributed by atoms with Crippen molar-refractivity contribution in [2.24, 2.45) is 5.92 Å². The predicted octanol–water partition coefficient (Wildman–Crippen LogP) is 4.99. The van der Waals surface area contributed by atoms with Crippen molar-refractivity contribution in [3.05, 3.63) is 103 Å². The molecule has 0 spiro atoms. The summed E-state index contributed by atoms with van der Waals surface area (Å²) in [6.07, 6.45) is 3.51. The highest BCUT2D eigenvalue weighted by Gasteiger charge is 2.31. The van der Waals surface area contributed by atoms with Gasteiger partial charge < -0.3 is 4.90 Å². The van der Waals surface area contributed by atoms with Gasteiger partial charge in [0.15, 0.2) is 5.82 Å². The quantitative estimate of drug-likeness (QED) is 0.415. The molecule has 1 amide bonds. The van der Waals surface area contributed by atoms with Crippen molar-refractivity contribution >= 4 is 17.5 Å². The van der Waals surface area contributed by atoms with Crippen molar-refractivity contribution in [3.63, 3.8) is 0 Å². The van der Waals surface area contributed by atoms with Gasteiger partial charge in [-0.2, -0.15) is 0 Å². The van der Waals surface area contributed by atoms with Crippen molar-refractivity contribution in [2.75, 3.05) is 22.9 Å². The third-order valence-corrected chi connectivity index (χ3v) is 6.19. The summed E-state index contributed by atoms with van der Waals surface area (Å²) in [6.45, 7) is 1.99. The molecule has 4 aromatic rings. The molecule has 2 aromatic heterocycles. The molecule has 1 atom stereocenters. The Labute approximate surface area is 199 Å². The number of amides is 1. The van der Waals surface area contributed by atoms with Gasteiger partial charge in [0.2, 0.25) is 5.91 Å². The van der Waals surface area contributed by atoms with Crippen LogP contribution >= 0.6 is 0 Å². The van der Waals surface area contributed by atoms with Crippen molar-refractivity contribution in [3.8, 4) is 11.3 Å². The fraction of sp³-hybridized carbons (Fsp3) is 0.214. The van der Waals surface area contributed by atoms with Gasteiger partial charge in [-0.25, -0.2) is 4.98 Å². The molecule has 0 N–H and O–H groups in total. The van der Waals surface area contributed by atoms with E-state index in [0.717, 1.165) is 42.0 Å². The van der Waals surface area contributed by atoms with E-state index in [1.54, 1.807) is 6.20 Å². The maximum Gasteiger partial charge on any atom is 0.233 e. The number of piperidine rings is 1. The van der Waals surface area contributed by atoms with Gasteiger partial charge in [-0.1, -0.05) is 66.7 Å². The van der Waals surface area contributed by atoms with Crippen molar-refractivity contribution in [1.82, 2.24) is 15.2 Å². The smallest absolute Gasteiger partial charge is 0.233 e. The first-order valence-corrected chi connectivity index (χ1v) is 11.7. The van der Waals surface area contributed by atoms with E-state index >= 15 is 0 Å². The Hall–Kier alpha value is -4.06. The summed E-state index contributed by atoms with van der Waals surface area (Å²) < 4.78 is 0. The standard InChI is InChI=1S/C28H27N5O/c34-28(33(26-15-7-8-18-29-26)20-22-10-3-1-4-11-22)24-14-9-19-32(21-24)27-17-16-25(30-31-27)23-12-5-2-6-13-23/h1-8,10-13,15-18,24H,9,14,19-21H2. The number of nitrogens with zero attached hydrogens (tertiary/aromatic N) is 5. The normalized spacial score (nSPS) is 15.6. The van der Waals surface area contributed by atoms with Crippen LogP contribution in [0.2, 0.25) is 0 Å². The van der Waals surface area contributed by atoms with Gasteiger partial charge in [0.25, 0.3) is 0 Å². The van der Waals surface area contributed by atoms with Crippen LogP contribution in [-0.2, 0) is 11.3 Å². The van der Waals surface area contributed by atoms with Gasteiger partial charge in [-0.05, 0) is 42.7 Å². The van der Waals surface area contributed by atoms with E-state index in [1.165, 1.54) is 0 Å². The average molecular weight is 450 g/mol. The summed E-state index contributed by atoms with van der Waals surface area (Å²) in [5, 5.41) is 8.92. The molecular formula is C28H27N5O. The molecule has 1 aliphatic rings. The second-order valence-corrected chi connectivity index (χ2v) is 8.53. The second kappa shape index (κ2) is 10.3. The molecule has 5 rings (SSSR count). The summed E-state index contributed by atoms with van der Waals surface area (Å²) in [4.78, 5) is 22.2. The third kappa shape index (κ3) is 4.96. The third-order valence-electron chi connectivity index (χ3n) is 6.19.